The molecular formula is C24H27N3O2. The quantitative estimate of drug-likeness (QED) is 0.769. The van der Waals surface area contributed by atoms with Crippen molar-refractivity contribution >= 4 is 17.7 Å². The minimum atomic E-state index is -0.481. The molecule has 0 bridgehead atoms. The first-order valence-electron chi connectivity index (χ1n) is 10.2. The first-order chi connectivity index (χ1) is 14.0. The van der Waals surface area contributed by atoms with Crippen LogP contribution in [-0.2, 0) is 11.2 Å². The zero-order valence-corrected chi connectivity index (χ0v) is 16.6. The van der Waals surface area contributed by atoms with Gasteiger partial charge >= 0.3 is 0 Å². The van der Waals surface area contributed by atoms with E-state index in [1.54, 1.807) is 6.08 Å². The van der Waals surface area contributed by atoms with Gasteiger partial charge in [-0.1, -0.05) is 36.4 Å². The summed E-state index contributed by atoms with van der Waals surface area (Å²) in [6.45, 7) is 2.94. The molecule has 5 nitrogen and oxygen atoms in total. The number of carbonyl (C=O) groups excluding carboxylic acids is 1. The lowest BCUT2D eigenvalue weighted by molar-refractivity contribution is -0.113. The van der Waals surface area contributed by atoms with E-state index in [1.165, 1.54) is 11.6 Å². The molecule has 1 spiro atoms. The van der Waals surface area contributed by atoms with Crippen LogP contribution in [0.25, 0.3) is 6.08 Å². The molecule has 1 saturated heterocycles. The summed E-state index contributed by atoms with van der Waals surface area (Å²) in [5, 5.41) is 8.63. The molecule has 29 heavy (non-hydrogen) atoms. The van der Waals surface area contributed by atoms with Crippen LogP contribution >= 0.6 is 0 Å². The molecule has 0 radical (unpaired) electrons. The van der Waals surface area contributed by atoms with Crippen molar-refractivity contribution in [3.63, 3.8) is 0 Å². The number of benzene rings is 2. The monoisotopic (exact) mass is 389 g/mol. The Balaban J connectivity index is 1.46. The Bertz CT molecular complexity index is 938. The Kier molecular flexibility index (Phi) is 5.49. The van der Waals surface area contributed by atoms with Gasteiger partial charge in [-0.3, -0.25) is 9.69 Å². The minimum Gasteiger partial charge on any atom is -0.485 e. The van der Waals surface area contributed by atoms with Gasteiger partial charge in [0.2, 0.25) is 5.91 Å². The molecule has 2 heterocycles. The van der Waals surface area contributed by atoms with Gasteiger partial charge in [0.1, 0.15) is 11.4 Å². The number of hydrogen-bond donors (Lipinski definition) is 2. The predicted octanol–water partition coefficient (Wildman–Crippen LogP) is 3.41. The molecule has 1 amide bonds. The number of nitrogens with zero attached hydrogens (tertiary/aromatic N) is 1. The van der Waals surface area contributed by atoms with E-state index in [2.05, 4.69) is 29.2 Å². The molecule has 2 aliphatic rings. The number of rotatable bonds is 5. The fraction of sp³-hybridized carbons (Fsp3) is 0.333. The van der Waals surface area contributed by atoms with Gasteiger partial charge in [0.15, 0.2) is 0 Å². The van der Waals surface area contributed by atoms with E-state index in [9.17, 15) is 4.79 Å². The van der Waals surface area contributed by atoms with Crippen molar-refractivity contribution in [3.8, 4) is 5.75 Å². The molecule has 1 atom stereocenters. The molecule has 2 aromatic rings. The van der Waals surface area contributed by atoms with E-state index >= 15 is 0 Å². The Labute approximate surface area is 171 Å². The summed E-state index contributed by atoms with van der Waals surface area (Å²) >= 11 is 0. The van der Waals surface area contributed by atoms with Crippen molar-refractivity contribution in [1.82, 2.24) is 4.90 Å². The second-order valence-corrected chi connectivity index (χ2v) is 8.05. The van der Waals surface area contributed by atoms with Crippen LogP contribution in [0.15, 0.2) is 54.6 Å². The molecular weight excluding hydrogens is 362 g/mol. The summed E-state index contributed by atoms with van der Waals surface area (Å²) in [5.41, 5.74) is 8.47. The van der Waals surface area contributed by atoms with Gasteiger partial charge in [-0.25, -0.2) is 0 Å². The molecule has 150 valence electrons. The second kappa shape index (κ2) is 8.21. The number of primary amides is 1. The first-order valence-corrected chi connectivity index (χ1v) is 10.2. The van der Waals surface area contributed by atoms with Gasteiger partial charge < -0.3 is 15.9 Å². The van der Waals surface area contributed by atoms with Gasteiger partial charge in [-0.15, -0.1) is 0 Å². The van der Waals surface area contributed by atoms with E-state index in [0.717, 1.165) is 55.8 Å². The van der Waals surface area contributed by atoms with Crippen LogP contribution in [0.3, 0.4) is 0 Å². The summed E-state index contributed by atoms with van der Waals surface area (Å²) in [6.07, 6.45) is 6.70. The Hall–Kier alpha value is -2.92. The lowest BCUT2D eigenvalue weighted by Gasteiger charge is -2.45. The summed E-state index contributed by atoms with van der Waals surface area (Å²) in [5.74, 6) is 0.285. The van der Waals surface area contributed by atoms with Crippen molar-refractivity contribution < 1.29 is 9.53 Å². The van der Waals surface area contributed by atoms with Gasteiger partial charge in [-0.05, 0) is 55.1 Å². The highest BCUT2D eigenvalue weighted by Crippen LogP contribution is 2.39. The fourth-order valence-electron chi connectivity index (χ4n) is 4.38. The average Bonchev–Trinajstić information content (AvgIpc) is 2.72. The second-order valence-electron chi connectivity index (χ2n) is 8.05. The number of ether oxygens (including phenoxy) is 1. The summed E-state index contributed by atoms with van der Waals surface area (Å²) < 4.78 is 6.50. The number of carbonyl (C=O) groups is 1. The van der Waals surface area contributed by atoms with E-state index in [4.69, 9.17) is 15.9 Å². The number of amides is 1. The normalized spacial score (nSPS) is 21.9. The fourth-order valence-corrected chi connectivity index (χ4v) is 4.38. The molecule has 5 heteroatoms. The standard InChI is InChI=1S/C24H27N3O2/c25-21-16-24(29-22-9-7-19(15-20(21)22)8-10-23(26)28)12-4-13-27(17-24)14-11-18-5-2-1-3-6-18/h1-3,5-10,15,25H,4,11-14,16-17H2,(H2,26,28)/b10-8+,25-21?. The van der Waals surface area contributed by atoms with Crippen LogP contribution in [0.2, 0.25) is 0 Å². The highest BCUT2D eigenvalue weighted by molar-refractivity contribution is 6.03. The lowest BCUT2D eigenvalue weighted by Crippen LogP contribution is -2.54. The zero-order chi connectivity index (χ0) is 20.3. The predicted molar refractivity (Wildman–Crippen MR) is 115 cm³/mol. The van der Waals surface area contributed by atoms with E-state index in [1.807, 2.05) is 24.3 Å². The van der Waals surface area contributed by atoms with Gasteiger partial charge in [0, 0.05) is 36.9 Å². The summed E-state index contributed by atoms with van der Waals surface area (Å²) in [6, 6.07) is 16.3. The van der Waals surface area contributed by atoms with Crippen molar-refractivity contribution in [3.05, 3.63) is 71.3 Å². The SMILES string of the molecule is N=C1CC2(CCCN(CCc3ccccc3)C2)Oc2ccc(/C=C/C(N)=O)cc21. The number of piperidine rings is 1. The topological polar surface area (TPSA) is 79.4 Å². The van der Waals surface area contributed by atoms with E-state index < -0.39 is 5.91 Å². The number of likely N-dealkylation sites (tertiary alicyclic amines) is 1. The molecule has 0 aromatic heterocycles. The average molecular weight is 389 g/mol. The van der Waals surface area contributed by atoms with Gasteiger partial charge in [0.05, 0.1) is 0 Å². The zero-order valence-electron chi connectivity index (χ0n) is 16.6. The maximum Gasteiger partial charge on any atom is 0.241 e. The van der Waals surface area contributed by atoms with Crippen LogP contribution < -0.4 is 10.5 Å². The van der Waals surface area contributed by atoms with Gasteiger partial charge in [0.25, 0.3) is 0 Å². The maximum atomic E-state index is 11.0. The molecule has 4 rings (SSSR count). The third-order valence-corrected chi connectivity index (χ3v) is 5.77. The van der Waals surface area contributed by atoms with Crippen molar-refractivity contribution in [2.75, 3.05) is 19.6 Å². The molecule has 2 aromatic carbocycles. The van der Waals surface area contributed by atoms with Crippen LogP contribution in [-0.4, -0.2) is 41.8 Å². The highest BCUT2D eigenvalue weighted by Gasteiger charge is 2.42. The molecule has 3 N–H and O–H groups in total. The Morgan fingerprint density at radius 3 is 2.86 bits per heavy atom. The summed E-state index contributed by atoms with van der Waals surface area (Å²) in [7, 11) is 0. The number of nitrogens with one attached hydrogen (secondary N) is 1. The molecule has 1 unspecified atom stereocenters. The minimum absolute atomic E-state index is 0.316. The molecule has 0 saturated carbocycles. The Morgan fingerprint density at radius 1 is 1.24 bits per heavy atom. The molecule has 1 fully saturated rings. The third kappa shape index (κ3) is 4.57. The lowest BCUT2D eigenvalue weighted by atomic mass is 9.82. The van der Waals surface area contributed by atoms with E-state index in [0.29, 0.717) is 12.1 Å². The largest absolute Gasteiger partial charge is 0.485 e. The van der Waals surface area contributed by atoms with Crippen LogP contribution in [0.5, 0.6) is 5.75 Å². The van der Waals surface area contributed by atoms with Crippen LogP contribution in [0.1, 0.15) is 36.0 Å². The smallest absolute Gasteiger partial charge is 0.241 e. The highest BCUT2D eigenvalue weighted by atomic mass is 16.5. The molecule has 0 aliphatic carbocycles. The summed E-state index contributed by atoms with van der Waals surface area (Å²) in [4.78, 5) is 13.4. The van der Waals surface area contributed by atoms with Crippen molar-refractivity contribution in [1.29, 1.82) is 5.41 Å². The maximum absolute atomic E-state index is 11.0. The van der Waals surface area contributed by atoms with Gasteiger partial charge in [-0.2, -0.15) is 0 Å². The van der Waals surface area contributed by atoms with Crippen molar-refractivity contribution in [2.45, 2.75) is 31.3 Å². The number of fused-ring (bicyclic) bond motifs is 1. The van der Waals surface area contributed by atoms with Crippen LogP contribution in [0, 0.1) is 5.41 Å². The molecule has 2 aliphatic heterocycles. The number of nitrogens with two attached hydrogens (primary N) is 1. The van der Waals surface area contributed by atoms with E-state index in [-0.39, 0.29) is 5.60 Å². The first kappa shape index (κ1) is 19.4. The third-order valence-electron chi connectivity index (χ3n) is 5.77. The Morgan fingerprint density at radius 2 is 2.07 bits per heavy atom. The van der Waals surface area contributed by atoms with Crippen LogP contribution in [0.4, 0.5) is 0 Å². The van der Waals surface area contributed by atoms with Crippen molar-refractivity contribution in [2.24, 2.45) is 5.73 Å². The number of hydrogen-bond acceptors (Lipinski definition) is 4.